The number of carbonyl (C=O) groups is 2. The first-order chi connectivity index (χ1) is 14.0. The molecule has 6 heteroatoms. The van der Waals surface area contributed by atoms with Crippen molar-refractivity contribution >= 4 is 23.4 Å². The van der Waals surface area contributed by atoms with Crippen molar-refractivity contribution in [1.29, 1.82) is 0 Å². The molecule has 0 aliphatic carbocycles. The highest BCUT2D eigenvalue weighted by Gasteiger charge is 2.25. The third-order valence-electron chi connectivity index (χ3n) is 5.29. The number of benzene rings is 2. The molecule has 29 heavy (non-hydrogen) atoms. The Morgan fingerprint density at radius 1 is 1.07 bits per heavy atom. The molecule has 0 radical (unpaired) electrons. The van der Waals surface area contributed by atoms with Crippen LogP contribution in [-0.2, 0) is 17.8 Å². The summed E-state index contributed by atoms with van der Waals surface area (Å²) in [5.74, 6) is -0.543. The molecule has 0 spiro atoms. The van der Waals surface area contributed by atoms with Gasteiger partial charge in [-0.2, -0.15) is 0 Å². The lowest BCUT2D eigenvalue weighted by Gasteiger charge is -2.29. The monoisotopic (exact) mass is 413 g/mol. The maximum atomic E-state index is 12.7. The van der Waals surface area contributed by atoms with E-state index in [1.165, 1.54) is 11.1 Å². The van der Waals surface area contributed by atoms with Crippen LogP contribution >= 0.6 is 11.6 Å². The average Bonchev–Trinajstić information content (AvgIpc) is 2.71. The molecular formula is C23H28ClN3O2. The first kappa shape index (κ1) is 21.3. The van der Waals surface area contributed by atoms with E-state index in [1.54, 1.807) is 24.3 Å². The van der Waals surface area contributed by atoms with Crippen molar-refractivity contribution in [2.45, 2.75) is 32.9 Å². The van der Waals surface area contributed by atoms with E-state index in [0.717, 1.165) is 26.1 Å². The predicted molar refractivity (Wildman–Crippen MR) is 116 cm³/mol. The van der Waals surface area contributed by atoms with E-state index in [1.807, 2.05) is 13.8 Å². The largest absolute Gasteiger partial charge is 0.353 e. The number of hydrogen-bond donors (Lipinski definition) is 2. The summed E-state index contributed by atoms with van der Waals surface area (Å²) in [6.45, 7) is 7.06. The second-order valence-corrected chi connectivity index (χ2v) is 8.17. The summed E-state index contributed by atoms with van der Waals surface area (Å²) < 4.78 is 0. The molecule has 2 N–H and O–H groups in total. The predicted octanol–water partition coefficient (Wildman–Crippen LogP) is 3.27. The number of hydrogen-bond acceptors (Lipinski definition) is 3. The second-order valence-electron chi connectivity index (χ2n) is 7.76. The number of halogens is 1. The number of carbonyl (C=O) groups excluding carboxylic acids is 2. The first-order valence-corrected chi connectivity index (χ1v) is 10.5. The van der Waals surface area contributed by atoms with E-state index >= 15 is 0 Å². The van der Waals surface area contributed by atoms with Crippen molar-refractivity contribution in [2.24, 2.45) is 5.92 Å². The van der Waals surface area contributed by atoms with Gasteiger partial charge in [-0.15, -0.1) is 0 Å². The van der Waals surface area contributed by atoms with Crippen molar-refractivity contribution in [3.63, 3.8) is 0 Å². The SMILES string of the molecule is CC(C)[C@@H](NC(=O)c1ccccc1Cl)C(=O)NCCN1CCc2ccccc2C1. The van der Waals surface area contributed by atoms with E-state index in [0.29, 0.717) is 17.1 Å². The van der Waals surface area contributed by atoms with Crippen LogP contribution in [0.25, 0.3) is 0 Å². The van der Waals surface area contributed by atoms with Crippen LogP contribution in [0.3, 0.4) is 0 Å². The Balaban J connectivity index is 1.51. The van der Waals surface area contributed by atoms with Crippen molar-refractivity contribution < 1.29 is 9.59 Å². The summed E-state index contributed by atoms with van der Waals surface area (Å²) in [4.78, 5) is 27.6. The minimum Gasteiger partial charge on any atom is -0.353 e. The van der Waals surface area contributed by atoms with E-state index in [9.17, 15) is 9.59 Å². The number of amides is 2. The normalized spacial score (nSPS) is 14.9. The smallest absolute Gasteiger partial charge is 0.253 e. The van der Waals surface area contributed by atoms with E-state index < -0.39 is 6.04 Å². The van der Waals surface area contributed by atoms with Crippen molar-refractivity contribution in [3.8, 4) is 0 Å². The second kappa shape index (κ2) is 9.90. The molecule has 1 heterocycles. The van der Waals surface area contributed by atoms with Crippen LogP contribution in [0.1, 0.15) is 35.3 Å². The minimum atomic E-state index is -0.610. The molecule has 0 fully saturated rings. The Hall–Kier alpha value is -2.37. The van der Waals surface area contributed by atoms with Gasteiger partial charge in [0.05, 0.1) is 10.6 Å². The number of rotatable bonds is 7. The summed E-state index contributed by atoms with van der Waals surface area (Å²) in [6, 6.07) is 14.7. The van der Waals surface area contributed by atoms with E-state index in [2.05, 4.69) is 39.8 Å². The molecular weight excluding hydrogens is 386 g/mol. The van der Waals surface area contributed by atoms with Crippen LogP contribution < -0.4 is 10.6 Å². The number of nitrogens with zero attached hydrogens (tertiary/aromatic N) is 1. The molecule has 0 unspecified atom stereocenters. The summed E-state index contributed by atoms with van der Waals surface area (Å²) >= 11 is 6.10. The fourth-order valence-corrected chi connectivity index (χ4v) is 3.81. The highest BCUT2D eigenvalue weighted by molar-refractivity contribution is 6.33. The third-order valence-corrected chi connectivity index (χ3v) is 5.62. The molecule has 1 aliphatic heterocycles. The summed E-state index contributed by atoms with van der Waals surface area (Å²) in [5.41, 5.74) is 3.15. The van der Waals surface area contributed by atoms with E-state index in [-0.39, 0.29) is 17.7 Å². The van der Waals surface area contributed by atoms with Gasteiger partial charge >= 0.3 is 0 Å². The van der Waals surface area contributed by atoms with Crippen LogP contribution in [0.15, 0.2) is 48.5 Å². The lowest BCUT2D eigenvalue weighted by atomic mass is 10.00. The number of fused-ring (bicyclic) bond motifs is 1. The highest BCUT2D eigenvalue weighted by Crippen LogP contribution is 2.18. The van der Waals surface area contributed by atoms with Gasteiger partial charge in [-0.05, 0) is 35.6 Å². The maximum absolute atomic E-state index is 12.7. The first-order valence-electron chi connectivity index (χ1n) is 10.1. The molecule has 154 valence electrons. The fraction of sp³-hybridized carbons (Fsp3) is 0.391. The van der Waals surface area contributed by atoms with Crippen molar-refractivity contribution in [2.75, 3.05) is 19.6 Å². The Kier molecular flexibility index (Phi) is 7.29. The van der Waals surface area contributed by atoms with Gasteiger partial charge in [0.2, 0.25) is 5.91 Å². The molecule has 2 aromatic rings. The average molecular weight is 414 g/mol. The number of nitrogens with one attached hydrogen (secondary N) is 2. The Morgan fingerprint density at radius 2 is 1.76 bits per heavy atom. The van der Waals surface area contributed by atoms with Gasteiger partial charge in [0.25, 0.3) is 5.91 Å². The quantitative estimate of drug-likeness (QED) is 0.732. The molecule has 0 aromatic heterocycles. The molecule has 0 saturated heterocycles. The standard InChI is InChI=1S/C23H28ClN3O2/c1-16(2)21(26-22(28)19-9-5-6-10-20(19)24)23(29)25-12-14-27-13-11-17-7-3-4-8-18(17)15-27/h3-10,16,21H,11-15H2,1-2H3,(H,25,29)(H,26,28)/t21-/m1/s1. The molecule has 0 saturated carbocycles. The van der Waals surface area contributed by atoms with Gasteiger partial charge in [0, 0.05) is 26.2 Å². The van der Waals surface area contributed by atoms with Crippen LogP contribution in [0.4, 0.5) is 0 Å². The summed E-state index contributed by atoms with van der Waals surface area (Å²) in [7, 11) is 0. The topological polar surface area (TPSA) is 61.4 Å². The Labute approximate surface area is 177 Å². The van der Waals surface area contributed by atoms with Crippen LogP contribution in [0.5, 0.6) is 0 Å². The van der Waals surface area contributed by atoms with Gasteiger partial charge in [0.1, 0.15) is 6.04 Å². The van der Waals surface area contributed by atoms with Gasteiger partial charge < -0.3 is 10.6 Å². The zero-order valence-electron chi connectivity index (χ0n) is 17.0. The van der Waals surface area contributed by atoms with Crippen LogP contribution in [0, 0.1) is 5.92 Å². The molecule has 1 atom stereocenters. The lowest BCUT2D eigenvalue weighted by Crippen LogP contribution is -2.51. The molecule has 3 rings (SSSR count). The fourth-order valence-electron chi connectivity index (χ4n) is 3.59. The van der Waals surface area contributed by atoms with Crippen LogP contribution in [0.2, 0.25) is 5.02 Å². The van der Waals surface area contributed by atoms with E-state index in [4.69, 9.17) is 11.6 Å². The molecule has 0 bridgehead atoms. The Morgan fingerprint density at radius 3 is 2.48 bits per heavy atom. The van der Waals surface area contributed by atoms with Gasteiger partial charge in [-0.25, -0.2) is 0 Å². The summed E-state index contributed by atoms with van der Waals surface area (Å²) in [6.07, 6.45) is 1.03. The van der Waals surface area contributed by atoms with Crippen molar-refractivity contribution in [1.82, 2.24) is 15.5 Å². The highest BCUT2D eigenvalue weighted by atomic mass is 35.5. The zero-order chi connectivity index (χ0) is 20.8. The lowest BCUT2D eigenvalue weighted by molar-refractivity contribution is -0.124. The van der Waals surface area contributed by atoms with Crippen molar-refractivity contribution in [3.05, 3.63) is 70.2 Å². The molecule has 5 nitrogen and oxygen atoms in total. The molecule has 2 aromatic carbocycles. The zero-order valence-corrected chi connectivity index (χ0v) is 17.7. The van der Waals surface area contributed by atoms with Gasteiger partial charge in [-0.3, -0.25) is 14.5 Å². The van der Waals surface area contributed by atoms with Crippen LogP contribution in [-0.4, -0.2) is 42.4 Å². The minimum absolute atomic E-state index is 0.0386. The maximum Gasteiger partial charge on any atom is 0.253 e. The van der Waals surface area contributed by atoms with Gasteiger partial charge in [0.15, 0.2) is 0 Å². The Bertz CT molecular complexity index is 869. The third kappa shape index (κ3) is 5.58. The molecule has 2 amide bonds. The summed E-state index contributed by atoms with van der Waals surface area (Å²) in [5, 5.41) is 6.18. The molecule has 1 aliphatic rings. The van der Waals surface area contributed by atoms with Gasteiger partial charge in [-0.1, -0.05) is 61.8 Å².